The fourth-order valence-corrected chi connectivity index (χ4v) is 0.461. The third-order valence-corrected chi connectivity index (χ3v) is 1.04. The Kier molecular flexibility index (Phi) is 8.58. The van der Waals surface area contributed by atoms with Crippen molar-refractivity contribution in [2.24, 2.45) is 11.5 Å². The van der Waals surface area contributed by atoms with Crippen LogP contribution in [0.3, 0.4) is 0 Å². The molecule has 0 spiro atoms. The van der Waals surface area contributed by atoms with E-state index in [1.165, 1.54) is 0 Å². The summed E-state index contributed by atoms with van der Waals surface area (Å²) < 4.78 is 31.6. The van der Waals surface area contributed by atoms with Crippen molar-refractivity contribution in [1.82, 2.24) is 0 Å². The molecular weight excluding hydrogens is 216 g/mol. The first kappa shape index (κ1) is 15.7. The van der Waals surface area contributed by atoms with E-state index in [2.05, 4.69) is 0 Å². The number of nitrogens with two attached hydrogens (primary N) is 2. The average molecular weight is 230 g/mol. The Morgan fingerprint density at radius 2 is 1.71 bits per heavy atom. The number of rotatable bonds is 4. The molecule has 0 radical (unpaired) electrons. The Balaban J connectivity index is 0. The van der Waals surface area contributed by atoms with Crippen LogP contribution >= 0.6 is 0 Å². The van der Waals surface area contributed by atoms with E-state index >= 15 is 0 Å². The van der Waals surface area contributed by atoms with Crippen molar-refractivity contribution in [3.8, 4) is 0 Å². The van der Waals surface area contributed by atoms with Crippen molar-refractivity contribution in [2.45, 2.75) is 18.9 Å². The summed E-state index contributed by atoms with van der Waals surface area (Å²) in [6, 6.07) is -0.742. The van der Waals surface area contributed by atoms with E-state index in [1.807, 2.05) is 0 Å². The van der Waals surface area contributed by atoms with Crippen LogP contribution in [0.1, 0.15) is 12.8 Å². The van der Waals surface area contributed by atoms with Crippen molar-refractivity contribution >= 4 is 16.4 Å². The van der Waals surface area contributed by atoms with Crippen LogP contribution in [0.15, 0.2) is 0 Å². The molecule has 0 aromatic heterocycles. The van der Waals surface area contributed by atoms with Gasteiger partial charge in [0, 0.05) is 0 Å². The molecular formula is C5H14N2O6S. The predicted octanol–water partition coefficient (Wildman–Crippen LogP) is -1.52. The minimum Gasteiger partial charge on any atom is -0.480 e. The van der Waals surface area contributed by atoms with E-state index in [4.69, 9.17) is 34.1 Å². The third kappa shape index (κ3) is 22.5. The first-order valence-electron chi connectivity index (χ1n) is 3.56. The molecule has 0 amide bonds. The van der Waals surface area contributed by atoms with Crippen LogP contribution in [-0.2, 0) is 15.2 Å². The highest BCUT2D eigenvalue weighted by Gasteiger charge is 2.08. The van der Waals surface area contributed by atoms with Crippen molar-refractivity contribution in [1.29, 1.82) is 0 Å². The van der Waals surface area contributed by atoms with Gasteiger partial charge in [-0.15, -0.1) is 0 Å². The molecule has 0 saturated carbocycles. The minimum atomic E-state index is -4.67. The van der Waals surface area contributed by atoms with Crippen LogP contribution in [-0.4, -0.2) is 41.2 Å². The summed E-state index contributed by atoms with van der Waals surface area (Å²) in [6.45, 7) is 0.501. The topological polar surface area (TPSA) is 164 Å². The predicted molar refractivity (Wildman–Crippen MR) is 48.1 cm³/mol. The second-order valence-electron chi connectivity index (χ2n) is 2.32. The number of carboxylic acids is 1. The second kappa shape index (κ2) is 7.64. The maximum atomic E-state index is 10.0. The van der Waals surface area contributed by atoms with Gasteiger partial charge in [-0.3, -0.25) is 13.9 Å². The first-order valence-corrected chi connectivity index (χ1v) is 4.96. The number of aliphatic carboxylic acids is 1. The van der Waals surface area contributed by atoms with Crippen molar-refractivity contribution in [3.63, 3.8) is 0 Å². The smallest absolute Gasteiger partial charge is 0.394 e. The maximum absolute atomic E-state index is 10.0. The van der Waals surface area contributed by atoms with Gasteiger partial charge in [-0.1, -0.05) is 0 Å². The molecule has 0 aromatic carbocycles. The minimum absolute atomic E-state index is 0.464. The summed E-state index contributed by atoms with van der Waals surface area (Å²) >= 11 is 0. The van der Waals surface area contributed by atoms with Gasteiger partial charge in [0.1, 0.15) is 6.04 Å². The SMILES string of the molecule is NCCCC(N)C(=O)O.O=S(=O)(O)O. The highest BCUT2D eigenvalue weighted by atomic mass is 32.3. The van der Waals surface area contributed by atoms with Gasteiger partial charge in [0.2, 0.25) is 0 Å². The first-order chi connectivity index (χ1) is 6.18. The lowest BCUT2D eigenvalue weighted by atomic mass is 10.2. The Hall–Kier alpha value is -0.740. The fourth-order valence-electron chi connectivity index (χ4n) is 0.461. The molecule has 0 aromatic rings. The molecule has 0 bridgehead atoms. The standard InChI is InChI=1S/C5H12N2O2.H2O4S/c6-3-1-2-4(7)5(8)9;1-5(2,3)4/h4H,1-3,6-7H2,(H,8,9);(H2,1,2,3,4). The molecule has 0 aliphatic carbocycles. The number of carbonyl (C=O) groups is 1. The zero-order valence-corrected chi connectivity index (χ0v) is 8.14. The van der Waals surface area contributed by atoms with E-state index in [-0.39, 0.29) is 0 Å². The quantitative estimate of drug-likeness (QED) is 0.363. The molecule has 0 heterocycles. The van der Waals surface area contributed by atoms with Crippen molar-refractivity contribution in [3.05, 3.63) is 0 Å². The Morgan fingerprint density at radius 3 is 1.93 bits per heavy atom. The molecule has 1 unspecified atom stereocenters. The van der Waals surface area contributed by atoms with Gasteiger partial charge >= 0.3 is 16.4 Å². The molecule has 9 heteroatoms. The van der Waals surface area contributed by atoms with E-state index in [0.29, 0.717) is 19.4 Å². The number of hydrogen-bond acceptors (Lipinski definition) is 5. The zero-order valence-electron chi connectivity index (χ0n) is 7.33. The van der Waals surface area contributed by atoms with E-state index in [9.17, 15) is 4.79 Å². The monoisotopic (exact) mass is 230 g/mol. The van der Waals surface area contributed by atoms with Crippen LogP contribution in [0, 0.1) is 0 Å². The van der Waals surface area contributed by atoms with E-state index < -0.39 is 22.4 Å². The molecule has 7 N–H and O–H groups in total. The van der Waals surface area contributed by atoms with Gasteiger partial charge in [-0.05, 0) is 19.4 Å². The van der Waals surface area contributed by atoms with Gasteiger partial charge in [-0.2, -0.15) is 8.42 Å². The van der Waals surface area contributed by atoms with Gasteiger partial charge in [0.05, 0.1) is 0 Å². The molecule has 0 fully saturated rings. The molecule has 8 nitrogen and oxygen atoms in total. The second-order valence-corrected chi connectivity index (χ2v) is 3.22. The number of carboxylic acid groups (broad SMARTS) is 1. The number of hydrogen-bond donors (Lipinski definition) is 5. The highest BCUT2D eigenvalue weighted by Crippen LogP contribution is 1.91. The average Bonchev–Trinajstić information content (AvgIpc) is 1.96. The van der Waals surface area contributed by atoms with Gasteiger partial charge in [0.15, 0.2) is 0 Å². The Labute approximate surface area is 81.5 Å². The molecule has 0 aliphatic rings. The molecule has 1 atom stereocenters. The zero-order chi connectivity index (χ0) is 11.8. The van der Waals surface area contributed by atoms with E-state index in [1.54, 1.807) is 0 Å². The summed E-state index contributed by atoms with van der Waals surface area (Å²) in [6.07, 6.45) is 1.14. The summed E-state index contributed by atoms with van der Waals surface area (Å²) in [5.74, 6) is -0.955. The summed E-state index contributed by atoms with van der Waals surface area (Å²) in [7, 11) is -4.67. The summed E-state index contributed by atoms with van der Waals surface area (Å²) in [4.78, 5) is 10.0. The molecule has 86 valence electrons. The fraction of sp³-hybridized carbons (Fsp3) is 0.800. The van der Waals surface area contributed by atoms with E-state index in [0.717, 1.165) is 0 Å². The molecule has 0 saturated heterocycles. The van der Waals surface area contributed by atoms with Crippen LogP contribution in [0.5, 0.6) is 0 Å². The summed E-state index contributed by atoms with van der Waals surface area (Å²) in [5, 5.41) is 8.24. The van der Waals surface area contributed by atoms with Crippen molar-refractivity contribution in [2.75, 3.05) is 6.54 Å². The Morgan fingerprint density at radius 1 is 1.36 bits per heavy atom. The highest BCUT2D eigenvalue weighted by molar-refractivity contribution is 7.79. The van der Waals surface area contributed by atoms with Crippen molar-refractivity contribution < 1.29 is 27.4 Å². The lowest BCUT2D eigenvalue weighted by Gasteiger charge is -2.02. The van der Waals surface area contributed by atoms with Crippen LogP contribution in [0.4, 0.5) is 0 Å². The molecule has 14 heavy (non-hydrogen) atoms. The third-order valence-electron chi connectivity index (χ3n) is 1.04. The Bertz CT molecular complexity index is 243. The maximum Gasteiger partial charge on any atom is 0.394 e. The van der Waals surface area contributed by atoms with Gasteiger partial charge < -0.3 is 16.6 Å². The normalized spacial score (nSPS) is 12.6. The lowest BCUT2D eigenvalue weighted by molar-refractivity contribution is -0.138. The van der Waals surface area contributed by atoms with Crippen LogP contribution < -0.4 is 11.5 Å². The van der Waals surface area contributed by atoms with Gasteiger partial charge in [0.25, 0.3) is 0 Å². The largest absolute Gasteiger partial charge is 0.480 e. The molecule has 0 aliphatic heterocycles. The lowest BCUT2D eigenvalue weighted by Crippen LogP contribution is -2.30. The van der Waals surface area contributed by atoms with Crippen LogP contribution in [0.2, 0.25) is 0 Å². The summed E-state index contributed by atoms with van der Waals surface area (Å²) in [5.41, 5.74) is 10.3. The molecule has 0 rings (SSSR count). The van der Waals surface area contributed by atoms with Gasteiger partial charge in [-0.25, -0.2) is 0 Å². The van der Waals surface area contributed by atoms with Crippen LogP contribution in [0.25, 0.3) is 0 Å².